The third-order valence-corrected chi connectivity index (χ3v) is 4.36. The van der Waals surface area contributed by atoms with Crippen LogP contribution in [0.3, 0.4) is 0 Å². The van der Waals surface area contributed by atoms with Crippen LogP contribution in [-0.2, 0) is 4.79 Å². The largest absolute Gasteiger partial charge is 0.327 e. The lowest BCUT2D eigenvalue weighted by molar-refractivity contribution is -0.117. The normalized spacial score (nSPS) is 20.4. The molecule has 1 aliphatic carbocycles. The number of rotatable bonds is 4. The molecule has 0 radical (unpaired) electrons. The highest BCUT2D eigenvalue weighted by Gasteiger charge is 2.26. The first-order valence-electron chi connectivity index (χ1n) is 8.07. The number of carbonyl (C=O) groups is 1. The monoisotopic (exact) mass is 310 g/mol. The molecule has 120 valence electrons. The van der Waals surface area contributed by atoms with Crippen molar-refractivity contribution in [2.45, 2.75) is 38.6 Å². The van der Waals surface area contributed by atoms with E-state index in [-0.39, 0.29) is 11.9 Å². The molecule has 1 aliphatic rings. The number of anilines is 1. The van der Waals surface area contributed by atoms with E-state index in [9.17, 15) is 4.79 Å². The maximum atomic E-state index is 12.2. The molecule has 3 N–H and O–H groups in total. The zero-order valence-electron chi connectivity index (χ0n) is 13.3. The topological polar surface area (TPSA) is 80.9 Å². The zero-order valence-corrected chi connectivity index (χ0v) is 13.3. The van der Waals surface area contributed by atoms with E-state index in [0.29, 0.717) is 18.2 Å². The molecule has 0 spiro atoms. The van der Waals surface area contributed by atoms with Crippen LogP contribution in [0.25, 0.3) is 11.4 Å². The molecule has 1 aromatic heterocycles. The van der Waals surface area contributed by atoms with Crippen LogP contribution in [0.15, 0.2) is 36.5 Å². The van der Waals surface area contributed by atoms with Gasteiger partial charge in [-0.2, -0.15) is 0 Å². The number of nitrogens with zero attached hydrogens (tertiary/aromatic N) is 2. The Hall–Kier alpha value is -2.27. The van der Waals surface area contributed by atoms with Crippen molar-refractivity contribution >= 4 is 11.6 Å². The Morgan fingerprint density at radius 2 is 2.22 bits per heavy atom. The molecule has 5 nitrogen and oxygen atoms in total. The Labute approximate surface area is 136 Å². The summed E-state index contributed by atoms with van der Waals surface area (Å²) in [5, 5.41) is 2.96. The average Bonchev–Trinajstić information content (AvgIpc) is 2.92. The summed E-state index contributed by atoms with van der Waals surface area (Å²) in [7, 11) is 0. The molecule has 1 heterocycles. The average molecular weight is 310 g/mol. The number of aromatic nitrogens is 2. The van der Waals surface area contributed by atoms with Crippen LogP contribution in [0.2, 0.25) is 0 Å². The minimum absolute atomic E-state index is 0.0228. The van der Waals surface area contributed by atoms with E-state index in [1.165, 1.54) is 0 Å². The lowest BCUT2D eigenvalue weighted by atomic mass is 10.00. The number of hydrogen-bond acceptors (Lipinski definition) is 4. The van der Waals surface area contributed by atoms with Crippen molar-refractivity contribution in [2.75, 3.05) is 5.32 Å². The molecule has 5 heteroatoms. The number of hydrogen-bond donors (Lipinski definition) is 2. The van der Waals surface area contributed by atoms with Crippen LogP contribution in [0, 0.1) is 12.8 Å². The molecule has 1 aromatic carbocycles. The SMILES string of the molecule is Cc1ccnc(-c2cccc(NC(=O)C[C@@H]3CCC[C@H]3N)c2)n1. The molecular weight excluding hydrogens is 288 g/mol. The fourth-order valence-corrected chi connectivity index (χ4v) is 3.09. The third kappa shape index (κ3) is 3.93. The lowest BCUT2D eigenvalue weighted by Crippen LogP contribution is -2.28. The number of carbonyl (C=O) groups excluding carboxylic acids is 1. The van der Waals surface area contributed by atoms with Gasteiger partial charge in [0.25, 0.3) is 0 Å². The maximum Gasteiger partial charge on any atom is 0.224 e. The predicted molar refractivity (Wildman–Crippen MR) is 90.8 cm³/mol. The molecule has 3 rings (SSSR count). The van der Waals surface area contributed by atoms with Crippen molar-refractivity contribution in [3.8, 4) is 11.4 Å². The lowest BCUT2D eigenvalue weighted by Gasteiger charge is -2.15. The van der Waals surface area contributed by atoms with Crippen LogP contribution in [0.1, 0.15) is 31.4 Å². The van der Waals surface area contributed by atoms with E-state index >= 15 is 0 Å². The van der Waals surface area contributed by atoms with Gasteiger partial charge in [-0.3, -0.25) is 4.79 Å². The highest BCUT2D eigenvalue weighted by Crippen LogP contribution is 2.27. The summed E-state index contributed by atoms with van der Waals surface area (Å²) in [6.45, 7) is 1.93. The molecule has 0 bridgehead atoms. The highest BCUT2D eigenvalue weighted by atomic mass is 16.1. The van der Waals surface area contributed by atoms with Gasteiger partial charge in [-0.05, 0) is 43.9 Å². The standard InChI is InChI=1S/C18H22N4O/c1-12-8-9-20-18(21-12)14-5-2-6-15(10-14)22-17(23)11-13-4-3-7-16(13)19/h2,5-6,8-10,13,16H,3-4,7,11,19H2,1H3,(H,22,23)/t13-,16+/m0/s1. The summed E-state index contributed by atoms with van der Waals surface area (Å²) in [6.07, 6.45) is 5.43. The number of benzene rings is 1. The van der Waals surface area contributed by atoms with Crippen LogP contribution < -0.4 is 11.1 Å². The van der Waals surface area contributed by atoms with Crippen molar-refractivity contribution in [3.63, 3.8) is 0 Å². The molecule has 0 unspecified atom stereocenters. The van der Waals surface area contributed by atoms with Crippen LogP contribution in [0.5, 0.6) is 0 Å². The van der Waals surface area contributed by atoms with Crippen molar-refractivity contribution < 1.29 is 4.79 Å². The summed E-state index contributed by atoms with van der Waals surface area (Å²) in [6, 6.07) is 9.65. The van der Waals surface area contributed by atoms with Crippen molar-refractivity contribution in [2.24, 2.45) is 11.7 Å². The predicted octanol–water partition coefficient (Wildman–Crippen LogP) is 2.91. The highest BCUT2D eigenvalue weighted by molar-refractivity contribution is 5.91. The molecule has 23 heavy (non-hydrogen) atoms. The first-order chi connectivity index (χ1) is 11.1. The summed E-state index contributed by atoms with van der Waals surface area (Å²) in [5.74, 6) is 0.992. The number of amides is 1. The van der Waals surface area contributed by atoms with Crippen LogP contribution in [0.4, 0.5) is 5.69 Å². The smallest absolute Gasteiger partial charge is 0.224 e. The summed E-state index contributed by atoms with van der Waals surface area (Å²) in [5.41, 5.74) is 8.62. The van der Waals surface area contributed by atoms with Crippen molar-refractivity contribution in [1.29, 1.82) is 0 Å². The number of aryl methyl sites for hydroxylation is 1. The zero-order chi connectivity index (χ0) is 16.2. The van der Waals surface area contributed by atoms with E-state index in [0.717, 1.165) is 36.2 Å². The van der Waals surface area contributed by atoms with E-state index in [2.05, 4.69) is 15.3 Å². The second-order valence-corrected chi connectivity index (χ2v) is 6.21. The summed E-state index contributed by atoms with van der Waals surface area (Å²) < 4.78 is 0. The van der Waals surface area contributed by atoms with E-state index in [1.807, 2.05) is 37.3 Å². The number of nitrogens with two attached hydrogens (primary N) is 1. The van der Waals surface area contributed by atoms with Gasteiger partial charge in [0.2, 0.25) is 5.91 Å². The van der Waals surface area contributed by atoms with Gasteiger partial charge >= 0.3 is 0 Å². The Bertz CT molecular complexity index is 701. The summed E-state index contributed by atoms with van der Waals surface area (Å²) in [4.78, 5) is 20.9. The van der Waals surface area contributed by atoms with Gasteiger partial charge in [-0.15, -0.1) is 0 Å². The molecule has 0 saturated heterocycles. The van der Waals surface area contributed by atoms with Crippen LogP contribution >= 0.6 is 0 Å². The van der Waals surface area contributed by atoms with E-state index in [4.69, 9.17) is 5.73 Å². The summed E-state index contributed by atoms with van der Waals surface area (Å²) >= 11 is 0. The van der Waals surface area contributed by atoms with E-state index in [1.54, 1.807) is 6.20 Å². The first-order valence-corrected chi connectivity index (χ1v) is 8.07. The van der Waals surface area contributed by atoms with Gasteiger partial charge < -0.3 is 11.1 Å². The van der Waals surface area contributed by atoms with Gasteiger partial charge in [-0.1, -0.05) is 18.6 Å². The van der Waals surface area contributed by atoms with Crippen molar-refractivity contribution in [1.82, 2.24) is 9.97 Å². The fraction of sp³-hybridized carbons (Fsp3) is 0.389. The van der Waals surface area contributed by atoms with Gasteiger partial charge in [0.1, 0.15) is 0 Å². The molecular formula is C18H22N4O. The molecule has 2 atom stereocenters. The van der Waals surface area contributed by atoms with Gasteiger partial charge in [-0.25, -0.2) is 9.97 Å². The molecule has 1 amide bonds. The molecule has 1 fully saturated rings. The maximum absolute atomic E-state index is 12.2. The second kappa shape index (κ2) is 6.87. The minimum atomic E-state index is 0.0228. The number of nitrogens with one attached hydrogen (secondary N) is 1. The Morgan fingerprint density at radius 3 is 2.96 bits per heavy atom. The van der Waals surface area contributed by atoms with E-state index < -0.39 is 0 Å². The van der Waals surface area contributed by atoms with Gasteiger partial charge in [0.05, 0.1) is 0 Å². The Kier molecular flexibility index (Phi) is 4.67. The Morgan fingerprint density at radius 1 is 1.35 bits per heavy atom. The second-order valence-electron chi connectivity index (χ2n) is 6.21. The first kappa shape index (κ1) is 15.6. The van der Waals surface area contributed by atoms with Gasteiger partial charge in [0.15, 0.2) is 5.82 Å². The Balaban J connectivity index is 1.69. The van der Waals surface area contributed by atoms with Crippen molar-refractivity contribution in [3.05, 3.63) is 42.2 Å². The molecule has 1 saturated carbocycles. The van der Waals surface area contributed by atoms with Crippen LogP contribution in [-0.4, -0.2) is 21.9 Å². The minimum Gasteiger partial charge on any atom is -0.327 e. The molecule has 2 aromatic rings. The molecule has 0 aliphatic heterocycles. The fourth-order valence-electron chi connectivity index (χ4n) is 3.09. The van der Waals surface area contributed by atoms with Gasteiger partial charge in [0, 0.05) is 35.6 Å². The third-order valence-electron chi connectivity index (χ3n) is 4.36. The quantitative estimate of drug-likeness (QED) is 0.910.